The van der Waals surface area contributed by atoms with E-state index in [9.17, 15) is 13.2 Å². The molecule has 9 heteroatoms. The molecule has 6 nitrogen and oxygen atoms in total. The minimum absolute atomic E-state index is 0.120. The van der Waals surface area contributed by atoms with Gasteiger partial charge in [-0.2, -0.15) is 18.3 Å². The lowest BCUT2D eigenvalue weighted by Crippen LogP contribution is -2.10. The molecule has 0 saturated heterocycles. The van der Waals surface area contributed by atoms with E-state index in [1.165, 1.54) is 12.1 Å². The molecule has 0 amide bonds. The van der Waals surface area contributed by atoms with E-state index in [1.54, 1.807) is 0 Å². The van der Waals surface area contributed by atoms with Crippen LogP contribution in [0.3, 0.4) is 0 Å². The first kappa shape index (κ1) is 16.9. The molecule has 1 unspecified atom stereocenters. The number of benzene rings is 1. The van der Waals surface area contributed by atoms with Crippen molar-refractivity contribution in [2.75, 3.05) is 0 Å². The highest BCUT2D eigenvalue weighted by Gasteiger charge is 2.32. The van der Waals surface area contributed by atoms with Crippen molar-refractivity contribution < 1.29 is 13.2 Å². The lowest BCUT2D eigenvalue weighted by molar-refractivity contribution is -0.137. The quantitative estimate of drug-likeness (QED) is 0.565. The van der Waals surface area contributed by atoms with E-state index in [2.05, 4.69) is 25.4 Å². The first-order valence-electron chi connectivity index (χ1n) is 8.85. The number of nitrogens with one attached hydrogen (secondary N) is 1. The van der Waals surface area contributed by atoms with Crippen LogP contribution in [0, 0.1) is 6.92 Å². The van der Waals surface area contributed by atoms with Crippen LogP contribution >= 0.6 is 0 Å². The lowest BCUT2D eigenvalue weighted by atomic mass is 10.0. The minimum Gasteiger partial charge on any atom is -0.302 e. The minimum atomic E-state index is -4.34. The van der Waals surface area contributed by atoms with Gasteiger partial charge in [-0.3, -0.25) is 5.10 Å². The molecule has 0 fully saturated rings. The van der Waals surface area contributed by atoms with Gasteiger partial charge in [-0.1, -0.05) is 12.1 Å². The molecule has 142 valence electrons. The van der Waals surface area contributed by atoms with Crippen LogP contribution in [0.1, 0.15) is 35.1 Å². The zero-order valence-electron chi connectivity index (χ0n) is 14.8. The second-order valence-electron chi connectivity index (χ2n) is 6.90. The third kappa shape index (κ3) is 2.57. The van der Waals surface area contributed by atoms with Gasteiger partial charge >= 0.3 is 6.18 Å². The van der Waals surface area contributed by atoms with Gasteiger partial charge in [0.1, 0.15) is 22.6 Å². The van der Waals surface area contributed by atoms with E-state index in [4.69, 9.17) is 0 Å². The number of rotatable bonds is 2. The van der Waals surface area contributed by atoms with E-state index in [-0.39, 0.29) is 6.04 Å². The number of H-pyrrole nitrogens is 1. The highest BCUT2D eigenvalue weighted by Crippen LogP contribution is 2.37. The van der Waals surface area contributed by atoms with Crippen LogP contribution in [-0.2, 0) is 12.6 Å². The summed E-state index contributed by atoms with van der Waals surface area (Å²) in [6.07, 6.45) is -2.87. The third-order valence-electron chi connectivity index (χ3n) is 5.14. The van der Waals surface area contributed by atoms with Crippen LogP contribution in [0.5, 0.6) is 0 Å². The Balaban J connectivity index is 1.57. The second-order valence-corrected chi connectivity index (χ2v) is 6.90. The van der Waals surface area contributed by atoms with Gasteiger partial charge in [-0.15, -0.1) is 10.2 Å². The number of aromatic amines is 1. The van der Waals surface area contributed by atoms with E-state index in [0.29, 0.717) is 17.9 Å². The van der Waals surface area contributed by atoms with Gasteiger partial charge in [0, 0.05) is 6.42 Å². The Labute approximate surface area is 157 Å². The number of fused-ring (bicyclic) bond motifs is 2. The van der Waals surface area contributed by atoms with Crippen molar-refractivity contribution in [3.63, 3.8) is 0 Å². The number of aromatic nitrogens is 6. The number of aryl methyl sites for hydroxylation is 2. The zero-order valence-corrected chi connectivity index (χ0v) is 14.8. The number of alkyl halides is 3. The second kappa shape index (κ2) is 5.88. The van der Waals surface area contributed by atoms with Gasteiger partial charge in [0.15, 0.2) is 5.82 Å². The maximum atomic E-state index is 12.9. The Morgan fingerprint density at radius 3 is 2.61 bits per heavy atom. The fourth-order valence-electron chi connectivity index (χ4n) is 3.74. The molecule has 0 spiro atoms. The van der Waals surface area contributed by atoms with E-state index < -0.39 is 11.7 Å². The molecule has 0 aliphatic carbocycles. The summed E-state index contributed by atoms with van der Waals surface area (Å²) in [5.74, 6) is 1.42. The van der Waals surface area contributed by atoms with Crippen LogP contribution in [0.2, 0.25) is 0 Å². The van der Waals surface area contributed by atoms with Crippen LogP contribution in [-0.4, -0.2) is 29.9 Å². The number of halogens is 3. The molecular weight excluding hydrogens is 369 g/mol. The van der Waals surface area contributed by atoms with Crippen LogP contribution in [0.4, 0.5) is 13.2 Å². The predicted molar refractivity (Wildman–Crippen MR) is 95.5 cm³/mol. The molecule has 1 aromatic carbocycles. The van der Waals surface area contributed by atoms with E-state index >= 15 is 0 Å². The molecule has 3 aromatic heterocycles. The van der Waals surface area contributed by atoms with Gasteiger partial charge in [-0.05, 0) is 43.2 Å². The Hall–Kier alpha value is -3.23. The topological polar surface area (TPSA) is 72.3 Å². The predicted octanol–water partition coefficient (Wildman–Crippen LogP) is 4.08. The van der Waals surface area contributed by atoms with Crippen LogP contribution in [0.15, 0.2) is 36.4 Å². The summed E-state index contributed by atoms with van der Waals surface area (Å²) in [4.78, 5) is 4.66. The maximum absolute atomic E-state index is 12.9. The number of nitrogens with zero attached hydrogens (tertiary/aromatic N) is 5. The molecule has 1 aliphatic rings. The average molecular weight is 384 g/mol. The maximum Gasteiger partial charge on any atom is 0.416 e. The molecule has 1 N–H and O–H groups in total. The number of hydrogen-bond donors (Lipinski definition) is 1. The standard InChI is InChI=1S/C19H15F3N6/c1-10-17-13(25-24-10)6-7-14(23-17)18-27-26-16-9-8-15(28(16)18)11-2-4-12(5-3-11)19(20,21)22/h2-7,15H,8-9H2,1H3,(H,24,25). The van der Waals surface area contributed by atoms with Crippen molar-refractivity contribution in [1.29, 1.82) is 0 Å². The molecule has 4 aromatic rings. The largest absolute Gasteiger partial charge is 0.416 e. The monoisotopic (exact) mass is 384 g/mol. The summed E-state index contributed by atoms with van der Waals surface area (Å²) in [7, 11) is 0. The molecule has 1 aliphatic heterocycles. The number of hydrogen-bond acceptors (Lipinski definition) is 4. The van der Waals surface area contributed by atoms with Crippen molar-refractivity contribution in [3.05, 3.63) is 59.0 Å². The Morgan fingerprint density at radius 2 is 1.86 bits per heavy atom. The summed E-state index contributed by atoms with van der Waals surface area (Å²) in [6.45, 7) is 1.89. The highest BCUT2D eigenvalue weighted by molar-refractivity contribution is 5.79. The van der Waals surface area contributed by atoms with E-state index in [1.807, 2.05) is 23.6 Å². The third-order valence-corrected chi connectivity index (χ3v) is 5.14. The average Bonchev–Trinajstić information content (AvgIpc) is 3.36. The van der Waals surface area contributed by atoms with Gasteiger partial charge in [0.25, 0.3) is 0 Å². The Kier molecular flexibility index (Phi) is 3.55. The SMILES string of the molecule is Cc1[nH]nc2ccc(-c3nnc4n3C(c3ccc(C(F)(F)F)cc3)CC4)nc12. The summed E-state index contributed by atoms with van der Waals surface area (Å²) < 4.78 is 40.6. The summed E-state index contributed by atoms with van der Waals surface area (Å²) in [5, 5.41) is 15.7. The summed E-state index contributed by atoms with van der Waals surface area (Å²) in [6, 6.07) is 8.89. The molecule has 4 heterocycles. The molecule has 1 atom stereocenters. The summed E-state index contributed by atoms with van der Waals surface area (Å²) >= 11 is 0. The van der Waals surface area contributed by atoms with Crippen molar-refractivity contribution >= 4 is 11.0 Å². The smallest absolute Gasteiger partial charge is 0.302 e. The molecule has 0 saturated carbocycles. The first-order valence-corrected chi connectivity index (χ1v) is 8.85. The van der Waals surface area contributed by atoms with Crippen molar-refractivity contribution in [3.8, 4) is 11.5 Å². The van der Waals surface area contributed by atoms with Gasteiger partial charge in [0.05, 0.1) is 17.3 Å². The first-order chi connectivity index (χ1) is 13.4. The Bertz CT molecular complexity index is 1170. The zero-order chi connectivity index (χ0) is 19.5. The van der Waals surface area contributed by atoms with Crippen molar-refractivity contribution in [2.45, 2.75) is 32.0 Å². The van der Waals surface area contributed by atoms with Crippen molar-refractivity contribution in [2.24, 2.45) is 0 Å². The molecule has 0 bridgehead atoms. The molecule has 28 heavy (non-hydrogen) atoms. The number of pyridine rings is 1. The van der Waals surface area contributed by atoms with Gasteiger partial charge in [-0.25, -0.2) is 4.98 Å². The van der Waals surface area contributed by atoms with Crippen molar-refractivity contribution in [1.82, 2.24) is 29.9 Å². The summed E-state index contributed by atoms with van der Waals surface area (Å²) in [5.41, 5.74) is 3.20. The Morgan fingerprint density at radius 1 is 1.07 bits per heavy atom. The normalized spacial score (nSPS) is 16.6. The fraction of sp³-hybridized carbons (Fsp3) is 0.263. The molecule has 0 radical (unpaired) electrons. The van der Waals surface area contributed by atoms with Gasteiger partial charge in [0.2, 0.25) is 0 Å². The van der Waals surface area contributed by atoms with Crippen LogP contribution < -0.4 is 0 Å². The molecule has 5 rings (SSSR count). The van der Waals surface area contributed by atoms with Gasteiger partial charge < -0.3 is 4.57 Å². The highest BCUT2D eigenvalue weighted by atomic mass is 19.4. The lowest BCUT2D eigenvalue weighted by Gasteiger charge is -2.16. The fourth-order valence-corrected chi connectivity index (χ4v) is 3.74. The van der Waals surface area contributed by atoms with Crippen LogP contribution in [0.25, 0.3) is 22.6 Å². The van der Waals surface area contributed by atoms with E-state index in [0.717, 1.165) is 46.7 Å². The molecular formula is C19H15F3N6.